The molecular weight excluding hydrogens is 250 g/mol. The van der Waals surface area contributed by atoms with Crippen molar-refractivity contribution in [1.29, 1.82) is 0 Å². The molecule has 2 aliphatic rings. The van der Waals surface area contributed by atoms with Crippen LogP contribution in [-0.2, 0) is 10.3 Å². The molecule has 1 aromatic heterocycles. The number of piperidine rings is 1. The molecule has 3 rings (SSSR count). The molecule has 18 heavy (non-hydrogen) atoms. The average molecular weight is 267 g/mol. The number of hydrogen-bond acceptors (Lipinski definition) is 3. The van der Waals surface area contributed by atoms with Crippen LogP contribution in [0.1, 0.15) is 36.1 Å². The van der Waals surface area contributed by atoms with E-state index in [0.717, 1.165) is 19.4 Å². The molecule has 1 aromatic rings. The smallest absolute Gasteiger partial charge is 0.407 e. The second kappa shape index (κ2) is 4.24. The third-order valence-electron chi connectivity index (χ3n) is 4.09. The van der Waals surface area contributed by atoms with Gasteiger partial charge in [0.2, 0.25) is 0 Å². The minimum atomic E-state index is -0.819. The van der Waals surface area contributed by atoms with Crippen LogP contribution in [0.3, 0.4) is 0 Å². The Labute approximate surface area is 110 Å². The van der Waals surface area contributed by atoms with E-state index in [1.807, 2.05) is 0 Å². The molecule has 1 saturated heterocycles. The molecule has 3 heterocycles. The summed E-state index contributed by atoms with van der Waals surface area (Å²) in [5.41, 5.74) is 1.18. The van der Waals surface area contributed by atoms with Crippen LogP contribution in [0.2, 0.25) is 0 Å². The molecule has 2 aliphatic heterocycles. The molecule has 0 aromatic carbocycles. The van der Waals surface area contributed by atoms with Crippen LogP contribution in [0.15, 0.2) is 11.4 Å². The highest BCUT2D eigenvalue weighted by atomic mass is 32.1. The minimum absolute atomic E-state index is 0.220. The number of ether oxygens (including phenoxy) is 1. The minimum Gasteiger partial charge on any atom is -0.465 e. The predicted molar refractivity (Wildman–Crippen MR) is 69.2 cm³/mol. The van der Waals surface area contributed by atoms with E-state index in [4.69, 9.17) is 9.84 Å². The number of thiophene rings is 1. The van der Waals surface area contributed by atoms with Crippen LogP contribution in [0.4, 0.5) is 4.79 Å². The molecule has 1 unspecified atom stereocenters. The maximum atomic E-state index is 11.0. The zero-order valence-corrected chi connectivity index (χ0v) is 11.2. The molecule has 4 nitrogen and oxygen atoms in total. The number of hydrogen-bond donors (Lipinski definition) is 1. The second-order valence-corrected chi connectivity index (χ2v) is 6.10. The topological polar surface area (TPSA) is 49.8 Å². The lowest BCUT2D eigenvalue weighted by atomic mass is 9.83. The summed E-state index contributed by atoms with van der Waals surface area (Å²) in [5, 5.41) is 11.1. The van der Waals surface area contributed by atoms with Crippen molar-refractivity contribution in [2.24, 2.45) is 0 Å². The van der Waals surface area contributed by atoms with Crippen LogP contribution in [-0.4, -0.2) is 35.8 Å². The van der Waals surface area contributed by atoms with Crippen molar-refractivity contribution in [2.75, 3.05) is 19.7 Å². The van der Waals surface area contributed by atoms with E-state index in [9.17, 15) is 4.79 Å². The van der Waals surface area contributed by atoms with Gasteiger partial charge in [0.1, 0.15) is 5.60 Å². The Morgan fingerprint density at radius 1 is 1.56 bits per heavy atom. The summed E-state index contributed by atoms with van der Waals surface area (Å²) in [6.07, 6.45) is 0.736. The van der Waals surface area contributed by atoms with Gasteiger partial charge in [0.05, 0.1) is 6.61 Å². The van der Waals surface area contributed by atoms with Crippen molar-refractivity contribution in [2.45, 2.75) is 31.3 Å². The molecule has 0 saturated carbocycles. The normalized spacial score (nSPS) is 26.1. The highest BCUT2D eigenvalue weighted by molar-refractivity contribution is 7.10. The Morgan fingerprint density at radius 3 is 2.94 bits per heavy atom. The number of carbonyl (C=O) groups is 1. The first kappa shape index (κ1) is 12.0. The number of amides is 1. The fraction of sp³-hybridized carbons (Fsp3) is 0.615. The van der Waals surface area contributed by atoms with E-state index < -0.39 is 6.09 Å². The second-order valence-electron chi connectivity index (χ2n) is 5.18. The van der Waals surface area contributed by atoms with Crippen molar-refractivity contribution in [3.05, 3.63) is 21.9 Å². The van der Waals surface area contributed by atoms with Crippen LogP contribution in [0, 0.1) is 0 Å². The molecule has 1 fully saturated rings. The van der Waals surface area contributed by atoms with Crippen molar-refractivity contribution in [3.8, 4) is 0 Å². The number of nitrogens with zero attached hydrogens (tertiary/aromatic N) is 1. The molecule has 1 spiro atoms. The largest absolute Gasteiger partial charge is 0.465 e. The van der Waals surface area contributed by atoms with Gasteiger partial charge in [0.25, 0.3) is 0 Å². The van der Waals surface area contributed by atoms with E-state index in [2.05, 4.69) is 18.4 Å². The zero-order chi connectivity index (χ0) is 12.8. The van der Waals surface area contributed by atoms with Crippen LogP contribution in [0.25, 0.3) is 0 Å². The van der Waals surface area contributed by atoms with E-state index in [0.29, 0.717) is 19.0 Å². The Balaban J connectivity index is 1.86. The van der Waals surface area contributed by atoms with Crippen LogP contribution >= 0.6 is 11.3 Å². The van der Waals surface area contributed by atoms with Gasteiger partial charge in [-0.2, -0.15) is 0 Å². The van der Waals surface area contributed by atoms with Crippen LogP contribution < -0.4 is 0 Å². The fourth-order valence-electron chi connectivity index (χ4n) is 2.95. The predicted octanol–water partition coefficient (Wildman–Crippen LogP) is 2.85. The summed E-state index contributed by atoms with van der Waals surface area (Å²) < 4.78 is 6.12. The maximum absolute atomic E-state index is 11.0. The molecule has 5 heteroatoms. The monoisotopic (exact) mass is 267 g/mol. The summed E-state index contributed by atoms with van der Waals surface area (Å²) >= 11 is 1.75. The third kappa shape index (κ3) is 1.73. The van der Waals surface area contributed by atoms with Gasteiger partial charge in [-0.1, -0.05) is 6.92 Å². The van der Waals surface area contributed by atoms with Gasteiger partial charge in [0.15, 0.2) is 0 Å². The summed E-state index contributed by atoms with van der Waals surface area (Å²) in [7, 11) is 0. The maximum Gasteiger partial charge on any atom is 0.407 e. The Morgan fingerprint density at radius 2 is 2.28 bits per heavy atom. The Kier molecular flexibility index (Phi) is 2.83. The van der Waals surface area contributed by atoms with Crippen molar-refractivity contribution < 1.29 is 14.6 Å². The Bertz CT molecular complexity index is 463. The standard InChI is InChI=1S/C13H17NO3S/c1-9-8-17-13(11-10(9)2-7-18-11)3-5-14(6-4-13)12(15)16/h2,7,9H,3-6,8H2,1H3,(H,15,16). The van der Waals surface area contributed by atoms with Gasteiger partial charge in [-0.3, -0.25) is 0 Å². The lowest BCUT2D eigenvalue weighted by Gasteiger charge is -2.44. The zero-order valence-electron chi connectivity index (χ0n) is 10.4. The molecule has 0 bridgehead atoms. The van der Waals surface area contributed by atoms with E-state index >= 15 is 0 Å². The first-order chi connectivity index (χ1) is 8.62. The van der Waals surface area contributed by atoms with Gasteiger partial charge < -0.3 is 14.7 Å². The highest BCUT2D eigenvalue weighted by Crippen LogP contribution is 2.47. The molecule has 1 amide bonds. The molecule has 98 valence electrons. The van der Waals surface area contributed by atoms with E-state index in [-0.39, 0.29) is 5.60 Å². The van der Waals surface area contributed by atoms with Crippen molar-refractivity contribution in [1.82, 2.24) is 4.90 Å². The summed E-state index contributed by atoms with van der Waals surface area (Å²) in [6.45, 7) is 4.07. The highest BCUT2D eigenvalue weighted by Gasteiger charge is 2.44. The van der Waals surface area contributed by atoms with Crippen molar-refractivity contribution >= 4 is 17.4 Å². The number of likely N-dealkylation sites (tertiary alicyclic amines) is 1. The molecule has 0 radical (unpaired) electrons. The molecule has 1 N–H and O–H groups in total. The van der Waals surface area contributed by atoms with E-state index in [1.54, 1.807) is 11.3 Å². The van der Waals surface area contributed by atoms with Gasteiger partial charge in [-0.25, -0.2) is 4.79 Å². The SMILES string of the molecule is CC1COC2(CCN(C(=O)O)CC2)c2sccc21. The fourth-order valence-corrected chi connectivity index (χ4v) is 4.18. The number of carboxylic acid groups (broad SMARTS) is 1. The quantitative estimate of drug-likeness (QED) is 0.786. The van der Waals surface area contributed by atoms with Gasteiger partial charge in [-0.05, 0) is 29.9 Å². The number of rotatable bonds is 0. The molecule has 0 aliphatic carbocycles. The van der Waals surface area contributed by atoms with Gasteiger partial charge >= 0.3 is 6.09 Å². The third-order valence-corrected chi connectivity index (χ3v) is 5.21. The van der Waals surface area contributed by atoms with Gasteiger partial charge in [0, 0.05) is 23.9 Å². The first-order valence-electron chi connectivity index (χ1n) is 6.32. The summed E-state index contributed by atoms with van der Waals surface area (Å²) in [6, 6.07) is 2.19. The summed E-state index contributed by atoms with van der Waals surface area (Å²) in [4.78, 5) is 13.8. The van der Waals surface area contributed by atoms with Crippen molar-refractivity contribution in [3.63, 3.8) is 0 Å². The van der Waals surface area contributed by atoms with Gasteiger partial charge in [-0.15, -0.1) is 11.3 Å². The number of fused-ring (bicyclic) bond motifs is 2. The Hall–Kier alpha value is -1.07. The average Bonchev–Trinajstić information content (AvgIpc) is 2.86. The summed E-state index contributed by atoms with van der Waals surface area (Å²) in [5.74, 6) is 0.453. The molecule has 1 atom stereocenters. The first-order valence-corrected chi connectivity index (χ1v) is 7.20. The lowest BCUT2D eigenvalue weighted by Crippen LogP contribution is -2.47. The molecular formula is C13H17NO3S. The van der Waals surface area contributed by atoms with Crippen LogP contribution in [0.5, 0.6) is 0 Å². The van der Waals surface area contributed by atoms with E-state index in [1.165, 1.54) is 15.3 Å². The lowest BCUT2D eigenvalue weighted by molar-refractivity contribution is -0.0978.